The smallest absolute Gasteiger partial charge is 0.335 e. The van der Waals surface area contributed by atoms with E-state index in [0.29, 0.717) is 16.7 Å². The quantitative estimate of drug-likeness (QED) is 0.272. The van der Waals surface area contributed by atoms with E-state index < -0.39 is 20.9 Å². The molecule has 0 radical (unpaired) electrons. The summed E-state index contributed by atoms with van der Waals surface area (Å²) in [7, 11) is -4.25. The molecule has 0 amide bonds. The lowest BCUT2D eigenvalue weighted by Crippen LogP contribution is -2.16. The van der Waals surface area contributed by atoms with Crippen molar-refractivity contribution >= 4 is 50.0 Å². The number of benzene rings is 3. The molecule has 3 N–H and O–H groups in total. The molecule has 0 aliphatic rings. The van der Waals surface area contributed by atoms with Crippen LogP contribution in [0.1, 0.15) is 10.4 Å². The van der Waals surface area contributed by atoms with Crippen LogP contribution in [0.25, 0.3) is 11.0 Å². The average Bonchev–Trinajstić information content (AvgIpc) is 2.79. The minimum Gasteiger partial charge on any atom is -0.478 e. The van der Waals surface area contributed by atoms with E-state index in [0.717, 1.165) is 6.07 Å². The molecule has 33 heavy (non-hydrogen) atoms. The van der Waals surface area contributed by atoms with Crippen LogP contribution in [0.15, 0.2) is 77.7 Å². The number of nitrogens with one attached hydrogen (secondary N) is 2. The number of nitro benzene ring substituents is 1. The molecule has 1 aromatic heterocycles. The predicted octanol–water partition coefficient (Wildman–Crippen LogP) is 3.78. The number of hydrogen-bond acceptors (Lipinski definition) is 8. The third-order valence-electron chi connectivity index (χ3n) is 4.53. The molecule has 0 saturated carbocycles. The van der Waals surface area contributed by atoms with Crippen molar-refractivity contribution in [1.82, 2.24) is 9.97 Å². The van der Waals surface area contributed by atoms with Crippen LogP contribution < -0.4 is 10.0 Å². The zero-order chi connectivity index (χ0) is 23.6. The standard InChI is InChI=1S/C21H15N5O6S/c27-21(28)13-8-10-14(11-9-13)22-19-20(24-18-7-2-1-6-17(18)23-19)25-33(31,32)16-5-3-4-15(12-16)26(29)30/h1-12H,(H,22,23)(H,24,25)(H,27,28). The topological polar surface area (TPSA) is 164 Å². The van der Waals surface area contributed by atoms with E-state index in [2.05, 4.69) is 20.0 Å². The van der Waals surface area contributed by atoms with Gasteiger partial charge in [0, 0.05) is 17.8 Å². The average molecular weight is 465 g/mol. The molecule has 0 spiro atoms. The molecule has 0 unspecified atom stereocenters. The fourth-order valence-electron chi connectivity index (χ4n) is 2.94. The number of hydrogen-bond donors (Lipinski definition) is 3. The number of aromatic nitrogens is 2. The van der Waals surface area contributed by atoms with Crippen molar-refractivity contribution in [3.8, 4) is 0 Å². The van der Waals surface area contributed by atoms with Gasteiger partial charge >= 0.3 is 5.97 Å². The first-order valence-corrected chi connectivity index (χ1v) is 10.9. The van der Waals surface area contributed by atoms with Crippen molar-refractivity contribution in [2.45, 2.75) is 4.90 Å². The molecule has 0 fully saturated rings. The highest BCUT2D eigenvalue weighted by atomic mass is 32.2. The molecule has 1 heterocycles. The second-order valence-electron chi connectivity index (χ2n) is 6.78. The summed E-state index contributed by atoms with van der Waals surface area (Å²) >= 11 is 0. The number of anilines is 3. The van der Waals surface area contributed by atoms with Gasteiger partial charge in [0.2, 0.25) is 0 Å². The van der Waals surface area contributed by atoms with Crippen LogP contribution in [0, 0.1) is 10.1 Å². The molecule has 4 aromatic rings. The Balaban J connectivity index is 1.75. The Hall–Kier alpha value is -4.58. The summed E-state index contributed by atoms with van der Waals surface area (Å²) in [6.07, 6.45) is 0. The summed E-state index contributed by atoms with van der Waals surface area (Å²) in [5.74, 6) is -1.16. The Morgan fingerprint density at radius 3 is 2.15 bits per heavy atom. The van der Waals surface area contributed by atoms with Crippen LogP contribution in [0.4, 0.5) is 23.0 Å². The van der Waals surface area contributed by atoms with Crippen LogP contribution in [-0.2, 0) is 10.0 Å². The first kappa shape index (κ1) is 21.6. The van der Waals surface area contributed by atoms with Crippen LogP contribution in [0.3, 0.4) is 0 Å². The molecular weight excluding hydrogens is 450 g/mol. The highest BCUT2D eigenvalue weighted by Crippen LogP contribution is 2.28. The van der Waals surface area contributed by atoms with E-state index >= 15 is 0 Å². The lowest BCUT2D eigenvalue weighted by atomic mass is 10.2. The van der Waals surface area contributed by atoms with Gasteiger partial charge in [-0.2, -0.15) is 0 Å². The highest BCUT2D eigenvalue weighted by molar-refractivity contribution is 7.92. The maximum atomic E-state index is 12.9. The number of aromatic carboxylic acids is 1. The number of nitrogens with zero attached hydrogens (tertiary/aromatic N) is 3. The van der Waals surface area contributed by atoms with Crippen molar-refractivity contribution in [3.63, 3.8) is 0 Å². The number of rotatable bonds is 7. The number of carboxylic acids is 1. The van der Waals surface area contributed by atoms with Gasteiger partial charge in [0.1, 0.15) is 0 Å². The maximum absolute atomic E-state index is 12.9. The number of non-ortho nitro benzene ring substituents is 1. The zero-order valence-electron chi connectivity index (χ0n) is 16.7. The largest absolute Gasteiger partial charge is 0.478 e. The van der Waals surface area contributed by atoms with Crippen LogP contribution in [-0.4, -0.2) is 34.4 Å². The molecule has 0 aliphatic carbocycles. The van der Waals surface area contributed by atoms with E-state index in [1.54, 1.807) is 24.3 Å². The molecule has 0 aliphatic heterocycles. The lowest BCUT2D eigenvalue weighted by molar-refractivity contribution is -0.385. The first-order valence-electron chi connectivity index (χ1n) is 9.37. The van der Waals surface area contributed by atoms with Gasteiger partial charge < -0.3 is 10.4 Å². The van der Waals surface area contributed by atoms with Crippen molar-refractivity contribution in [3.05, 3.63) is 88.5 Å². The Bertz CT molecular complexity index is 1490. The number of carbonyl (C=O) groups is 1. The van der Waals surface area contributed by atoms with Gasteiger partial charge in [-0.25, -0.2) is 23.2 Å². The third-order valence-corrected chi connectivity index (χ3v) is 5.87. The van der Waals surface area contributed by atoms with Crippen LogP contribution >= 0.6 is 0 Å². The summed E-state index contributed by atoms with van der Waals surface area (Å²) in [5, 5.41) is 23.0. The van der Waals surface area contributed by atoms with Gasteiger partial charge in [0.25, 0.3) is 15.7 Å². The molecule has 0 atom stereocenters. The fraction of sp³-hybridized carbons (Fsp3) is 0. The van der Waals surface area contributed by atoms with Gasteiger partial charge in [-0.15, -0.1) is 0 Å². The summed E-state index contributed by atoms with van der Waals surface area (Å²) in [4.78, 5) is 29.9. The molecule has 166 valence electrons. The van der Waals surface area contributed by atoms with Gasteiger partial charge in [-0.1, -0.05) is 18.2 Å². The van der Waals surface area contributed by atoms with Gasteiger partial charge in [0.05, 0.1) is 26.4 Å². The van der Waals surface area contributed by atoms with Gasteiger partial charge in [-0.3, -0.25) is 14.8 Å². The zero-order valence-corrected chi connectivity index (χ0v) is 17.5. The minimum atomic E-state index is -4.25. The number of sulfonamides is 1. The molecule has 11 nitrogen and oxygen atoms in total. The maximum Gasteiger partial charge on any atom is 0.335 e. The van der Waals surface area contributed by atoms with Crippen molar-refractivity contribution < 1.29 is 23.2 Å². The molecule has 0 saturated heterocycles. The third kappa shape index (κ3) is 4.70. The number of carboxylic acid groups (broad SMARTS) is 1. The summed E-state index contributed by atoms with van der Waals surface area (Å²) in [5.41, 5.74) is 1.05. The van der Waals surface area contributed by atoms with Crippen LogP contribution in [0.2, 0.25) is 0 Å². The number of nitro groups is 1. The first-order chi connectivity index (χ1) is 15.7. The normalized spacial score (nSPS) is 11.2. The fourth-order valence-corrected chi connectivity index (χ4v) is 3.99. The summed E-state index contributed by atoms with van der Waals surface area (Å²) in [6.45, 7) is 0. The van der Waals surface area contributed by atoms with Crippen molar-refractivity contribution in [1.29, 1.82) is 0 Å². The monoisotopic (exact) mass is 465 g/mol. The van der Waals surface area contributed by atoms with Crippen LogP contribution in [0.5, 0.6) is 0 Å². The molecule has 0 bridgehead atoms. The highest BCUT2D eigenvalue weighted by Gasteiger charge is 2.21. The van der Waals surface area contributed by atoms with E-state index in [9.17, 15) is 23.3 Å². The van der Waals surface area contributed by atoms with E-state index in [1.807, 2.05) is 0 Å². The summed E-state index contributed by atoms with van der Waals surface area (Å²) in [6, 6.07) is 17.2. The summed E-state index contributed by atoms with van der Waals surface area (Å²) < 4.78 is 28.2. The molecule has 3 aromatic carbocycles. The predicted molar refractivity (Wildman–Crippen MR) is 120 cm³/mol. The molecule has 4 rings (SSSR count). The Labute approximate surface area is 187 Å². The van der Waals surface area contributed by atoms with Gasteiger partial charge in [-0.05, 0) is 42.5 Å². The SMILES string of the molecule is O=C(O)c1ccc(Nc2nc3ccccc3nc2NS(=O)(=O)c2cccc([N+](=O)[O-])c2)cc1. The Morgan fingerprint density at radius 1 is 0.909 bits per heavy atom. The van der Waals surface area contributed by atoms with E-state index in [1.165, 1.54) is 42.5 Å². The molecular formula is C21H15N5O6S. The number of fused-ring (bicyclic) bond motifs is 1. The second kappa shape index (κ2) is 8.51. The Morgan fingerprint density at radius 2 is 1.55 bits per heavy atom. The van der Waals surface area contributed by atoms with Crippen molar-refractivity contribution in [2.24, 2.45) is 0 Å². The Kier molecular flexibility index (Phi) is 5.58. The second-order valence-corrected chi connectivity index (χ2v) is 8.46. The van der Waals surface area contributed by atoms with Crippen molar-refractivity contribution in [2.75, 3.05) is 10.0 Å². The molecule has 12 heteroatoms. The lowest BCUT2D eigenvalue weighted by Gasteiger charge is -2.14. The number of para-hydroxylation sites is 2. The van der Waals surface area contributed by atoms with E-state index in [4.69, 9.17) is 5.11 Å². The van der Waals surface area contributed by atoms with Gasteiger partial charge in [0.15, 0.2) is 11.6 Å². The van der Waals surface area contributed by atoms with E-state index in [-0.39, 0.29) is 27.8 Å². The minimum absolute atomic E-state index is 0.0609.